The summed E-state index contributed by atoms with van der Waals surface area (Å²) in [6, 6.07) is 19.5. The van der Waals surface area contributed by atoms with Gasteiger partial charge >= 0.3 is 4.87 Å². The summed E-state index contributed by atoms with van der Waals surface area (Å²) >= 11 is 0.964. The van der Waals surface area contributed by atoms with Crippen LogP contribution in [-0.2, 0) is 6.54 Å². The lowest BCUT2D eigenvalue weighted by Crippen LogP contribution is -2.12. The van der Waals surface area contributed by atoms with Crippen molar-refractivity contribution in [1.82, 2.24) is 9.88 Å². The Hall–Kier alpha value is -3.09. The lowest BCUT2D eigenvalue weighted by atomic mass is 10.1. The van der Waals surface area contributed by atoms with Gasteiger partial charge in [-0.05, 0) is 48.2 Å². The first kappa shape index (κ1) is 17.3. The maximum absolute atomic E-state index is 12.0. The SMILES string of the molecule is CNCc1cc(-n2c(O)csc2=O)ccc1Oc1ccc2ccccc2c1. The zero-order valence-corrected chi connectivity index (χ0v) is 15.5. The maximum atomic E-state index is 12.0. The van der Waals surface area contributed by atoms with Crippen molar-refractivity contribution < 1.29 is 9.84 Å². The molecule has 0 aliphatic rings. The summed E-state index contributed by atoms with van der Waals surface area (Å²) < 4.78 is 7.40. The third-order valence-corrected chi connectivity index (χ3v) is 5.01. The molecule has 0 spiro atoms. The molecule has 0 bridgehead atoms. The predicted molar refractivity (Wildman–Crippen MR) is 108 cm³/mol. The summed E-state index contributed by atoms with van der Waals surface area (Å²) in [7, 11) is 1.85. The molecule has 0 amide bonds. The second-order valence-corrected chi connectivity index (χ2v) is 6.95. The Labute approximate surface area is 160 Å². The minimum absolute atomic E-state index is 0.0661. The molecular weight excluding hydrogens is 360 g/mol. The van der Waals surface area contributed by atoms with Gasteiger partial charge in [-0.15, -0.1) is 0 Å². The summed E-state index contributed by atoms with van der Waals surface area (Å²) in [6.07, 6.45) is 0. The molecule has 4 rings (SSSR count). The molecule has 0 radical (unpaired) electrons. The molecule has 3 aromatic carbocycles. The fourth-order valence-electron chi connectivity index (χ4n) is 3.03. The number of nitrogens with one attached hydrogen (secondary N) is 1. The van der Waals surface area contributed by atoms with E-state index in [0.717, 1.165) is 33.4 Å². The van der Waals surface area contributed by atoms with Crippen LogP contribution in [0.1, 0.15) is 5.56 Å². The van der Waals surface area contributed by atoms with Crippen LogP contribution in [-0.4, -0.2) is 16.7 Å². The van der Waals surface area contributed by atoms with Gasteiger partial charge in [-0.25, -0.2) is 4.57 Å². The largest absolute Gasteiger partial charge is 0.494 e. The summed E-state index contributed by atoms with van der Waals surface area (Å²) in [5, 5.41) is 16.7. The van der Waals surface area contributed by atoms with Gasteiger partial charge in [0, 0.05) is 12.1 Å². The molecule has 136 valence electrons. The smallest absolute Gasteiger partial charge is 0.314 e. The molecule has 0 aliphatic heterocycles. The van der Waals surface area contributed by atoms with Crippen LogP contribution in [0.25, 0.3) is 16.5 Å². The molecule has 0 fully saturated rings. The van der Waals surface area contributed by atoms with Crippen molar-refractivity contribution in [2.75, 3.05) is 7.05 Å². The van der Waals surface area contributed by atoms with E-state index in [1.807, 2.05) is 55.6 Å². The number of rotatable bonds is 5. The van der Waals surface area contributed by atoms with Gasteiger partial charge in [-0.3, -0.25) is 4.79 Å². The highest BCUT2D eigenvalue weighted by Crippen LogP contribution is 2.30. The minimum atomic E-state index is -0.230. The highest BCUT2D eigenvalue weighted by atomic mass is 32.1. The number of hydrogen-bond donors (Lipinski definition) is 2. The zero-order chi connectivity index (χ0) is 18.8. The predicted octanol–water partition coefficient (Wildman–Crippen LogP) is 4.27. The molecule has 0 atom stereocenters. The Morgan fingerprint density at radius 2 is 1.89 bits per heavy atom. The molecule has 1 aromatic heterocycles. The van der Waals surface area contributed by atoms with E-state index in [9.17, 15) is 9.90 Å². The van der Waals surface area contributed by atoms with E-state index in [2.05, 4.69) is 11.4 Å². The molecule has 4 aromatic rings. The number of hydrogen-bond acceptors (Lipinski definition) is 5. The van der Waals surface area contributed by atoms with E-state index in [-0.39, 0.29) is 10.8 Å². The van der Waals surface area contributed by atoms with E-state index in [0.29, 0.717) is 18.0 Å². The van der Waals surface area contributed by atoms with Gasteiger partial charge in [-0.1, -0.05) is 41.7 Å². The third kappa shape index (κ3) is 3.45. The number of aromatic nitrogens is 1. The van der Waals surface area contributed by atoms with Gasteiger partial charge in [0.25, 0.3) is 0 Å². The maximum Gasteiger partial charge on any atom is 0.314 e. The van der Waals surface area contributed by atoms with Crippen LogP contribution < -0.4 is 14.9 Å². The number of ether oxygens (including phenoxy) is 1. The fraction of sp³-hybridized carbons (Fsp3) is 0.0952. The van der Waals surface area contributed by atoms with Crippen LogP contribution in [0.5, 0.6) is 17.4 Å². The quantitative estimate of drug-likeness (QED) is 0.544. The molecular formula is C21H18N2O3S. The second-order valence-electron chi connectivity index (χ2n) is 6.13. The summed E-state index contributed by atoms with van der Waals surface area (Å²) in [5.41, 5.74) is 1.50. The molecule has 27 heavy (non-hydrogen) atoms. The molecule has 0 unspecified atom stereocenters. The molecule has 0 saturated carbocycles. The monoisotopic (exact) mass is 378 g/mol. The number of nitrogens with zero attached hydrogens (tertiary/aromatic N) is 1. The summed E-state index contributed by atoms with van der Waals surface area (Å²) in [6.45, 7) is 0.566. The number of benzene rings is 3. The first-order valence-electron chi connectivity index (χ1n) is 8.50. The van der Waals surface area contributed by atoms with Gasteiger partial charge in [0.1, 0.15) is 11.5 Å². The molecule has 0 saturated heterocycles. The average Bonchev–Trinajstić information content (AvgIpc) is 3.02. The summed E-state index contributed by atoms with van der Waals surface area (Å²) in [4.78, 5) is 11.8. The van der Waals surface area contributed by atoms with Gasteiger partial charge in [0.15, 0.2) is 0 Å². The lowest BCUT2D eigenvalue weighted by molar-refractivity contribution is 0.440. The van der Waals surface area contributed by atoms with E-state index in [1.54, 1.807) is 6.07 Å². The molecule has 0 aliphatic carbocycles. The Morgan fingerprint density at radius 1 is 1.07 bits per heavy atom. The second kappa shape index (κ2) is 7.26. The molecule has 5 nitrogen and oxygen atoms in total. The normalized spacial score (nSPS) is 11.0. The highest BCUT2D eigenvalue weighted by molar-refractivity contribution is 7.07. The Balaban J connectivity index is 1.72. The van der Waals surface area contributed by atoms with Gasteiger partial charge < -0.3 is 15.2 Å². The number of aromatic hydroxyl groups is 1. The van der Waals surface area contributed by atoms with Gasteiger partial charge in [0.2, 0.25) is 5.88 Å². The Bertz CT molecular complexity index is 1160. The Kier molecular flexibility index (Phi) is 4.66. The van der Waals surface area contributed by atoms with E-state index >= 15 is 0 Å². The lowest BCUT2D eigenvalue weighted by Gasteiger charge is -2.14. The van der Waals surface area contributed by atoms with E-state index in [4.69, 9.17) is 4.74 Å². The first-order valence-corrected chi connectivity index (χ1v) is 9.38. The number of thiazole rings is 1. The minimum Gasteiger partial charge on any atom is -0.494 e. The topological polar surface area (TPSA) is 63.5 Å². The van der Waals surface area contributed by atoms with Crippen molar-refractivity contribution in [3.05, 3.63) is 81.3 Å². The molecule has 6 heteroatoms. The Morgan fingerprint density at radius 3 is 2.63 bits per heavy atom. The van der Waals surface area contributed by atoms with Crippen LogP contribution in [0.2, 0.25) is 0 Å². The van der Waals surface area contributed by atoms with Crippen molar-refractivity contribution in [3.8, 4) is 23.1 Å². The zero-order valence-electron chi connectivity index (χ0n) is 14.7. The fourth-order valence-corrected chi connectivity index (χ4v) is 3.65. The standard InChI is InChI=1S/C21H18N2O3S/c1-22-12-16-10-17(23-20(24)13-27-21(23)25)7-9-19(16)26-18-8-6-14-4-2-3-5-15(14)11-18/h2-11,13,22,24H,12H2,1H3. The van der Waals surface area contributed by atoms with Crippen LogP contribution in [0.4, 0.5) is 0 Å². The van der Waals surface area contributed by atoms with Crippen LogP contribution in [0, 0.1) is 0 Å². The highest BCUT2D eigenvalue weighted by Gasteiger charge is 2.12. The summed E-state index contributed by atoms with van der Waals surface area (Å²) in [5.74, 6) is 1.38. The van der Waals surface area contributed by atoms with Crippen LogP contribution >= 0.6 is 11.3 Å². The van der Waals surface area contributed by atoms with Crippen molar-refractivity contribution in [1.29, 1.82) is 0 Å². The van der Waals surface area contributed by atoms with Crippen molar-refractivity contribution in [2.24, 2.45) is 0 Å². The van der Waals surface area contributed by atoms with Crippen LogP contribution in [0.3, 0.4) is 0 Å². The van der Waals surface area contributed by atoms with E-state index < -0.39 is 0 Å². The molecule has 1 heterocycles. The first-order chi connectivity index (χ1) is 13.2. The van der Waals surface area contributed by atoms with Crippen molar-refractivity contribution in [2.45, 2.75) is 6.54 Å². The van der Waals surface area contributed by atoms with Gasteiger partial charge in [0.05, 0.1) is 11.1 Å². The number of fused-ring (bicyclic) bond motifs is 1. The average molecular weight is 378 g/mol. The van der Waals surface area contributed by atoms with Crippen molar-refractivity contribution in [3.63, 3.8) is 0 Å². The van der Waals surface area contributed by atoms with E-state index in [1.165, 1.54) is 9.95 Å². The van der Waals surface area contributed by atoms with Crippen LogP contribution in [0.15, 0.2) is 70.8 Å². The third-order valence-electron chi connectivity index (χ3n) is 4.30. The molecule has 2 N–H and O–H groups in total. The van der Waals surface area contributed by atoms with Crippen molar-refractivity contribution >= 4 is 22.1 Å². The van der Waals surface area contributed by atoms with Gasteiger partial charge in [-0.2, -0.15) is 0 Å².